The van der Waals surface area contributed by atoms with E-state index in [1.165, 1.54) is 0 Å². The Bertz CT molecular complexity index is 1660. The van der Waals surface area contributed by atoms with Crippen molar-refractivity contribution in [2.45, 2.75) is 19.3 Å². The normalized spacial score (nSPS) is 11.3. The third kappa shape index (κ3) is 11.5. The maximum absolute atomic E-state index is 12.5. The second-order valence-corrected chi connectivity index (χ2v) is 10.9. The van der Waals surface area contributed by atoms with Gasteiger partial charge < -0.3 is 37.6 Å². The van der Waals surface area contributed by atoms with E-state index in [1.54, 1.807) is 13.4 Å². The van der Waals surface area contributed by atoms with Crippen molar-refractivity contribution in [2.75, 3.05) is 73.4 Å². The summed E-state index contributed by atoms with van der Waals surface area (Å²) in [5.74, 6) is 0.729. The molecule has 0 amide bonds. The number of hydrogen-bond donors (Lipinski definition) is 0. The summed E-state index contributed by atoms with van der Waals surface area (Å²) in [5.41, 5.74) is 4.90. The molecular weight excluding hydrogens is 630 g/mol. The standard InChI is InChI=1S/C37H43N3O9/c1-42-17-18-44-21-22-46-24-23-45-20-19-43-16-14-35(41)48-28-49-37-33(26-31-13-8-15-47-31)39-36-32(25-29-9-4-2-5-10-29)38-34(27-40(36)37)30-11-6-3-7-12-30/h2-13,15,27H,14,16-26,28H2,1H3. The molecule has 5 rings (SSSR count). The van der Waals surface area contributed by atoms with Crippen LogP contribution >= 0.6 is 0 Å². The Hall–Kier alpha value is -4.59. The second kappa shape index (κ2) is 20.0. The van der Waals surface area contributed by atoms with E-state index in [2.05, 4.69) is 12.1 Å². The summed E-state index contributed by atoms with van der Waals surface area (Å²) in [7, 11) is 1.63. The zero-order valence-electron chi connectivity index (χ0n) is 27.8. The highest BCUT2D eigenvalue weighted by atomic mass is 16.7. The lowest BCUT2D eigenvalue weighted by molar-refractivity contribution is -0.151. The predicted octanol–water partition coefficient (Wildman–Crippen LogP) is 5.15. The van der Waals surface area contributed by atoms with Crippen LogP contribution < -0.4 is 4.74 Å². The number of ether oxygens (including phenoxy) is 7. The highest BCUT2D eigenvalue weighted by Crippen LogP contribution is 2.29. The zero-order chi connectivity index (χ0) is 33.9. The van der Waals surface area contributed by atoms with Crippen molar-refractivity contribution in [2.24, 2.45) is 0 Å². The topological polar surface area (TPSA) is 125 Å². The van der Waals surface area contributed by atoms with Crippen LogP contribution in [-0.4, -0.2) is 93.7 Å². The molecule has 0 N–H and O–H groups in total. The maximum atomic E-state index is 12.5. The summed E-state index contributed by atoms with van der Waals surface area (Å²) >= 11 is 0. The van der Waals surface area contributed by atoms with E-state index in [9.17, 15) is 4.79 Å². The first-order chi connectivity index (χ1) is 24.2. The number of benzene rings is 2. The van der Waals surface area contributed by atoms with Crippen LogP contribution in [0.1, 0.15) is 29.1 Å². The van der Waals surface area contributed by atoms with Crippen molar-refractivity contribution in [3.05, 3.63) is 108 Å². The lowest BCUT2D eigenvalue weighted by Gasteiger charge is -2.11. The number of hydrogen-bond acceptors (Lipinski definition) is 11. The van der Waals surface area contributed by atoms with Crippen molar-refractivity contribution in [3.8, 4) is 17.1 Å². The summed E-state index contributed by atoms with van der Waals surface area (Å²) in [6.07, 6.45) is 4.55. The number of carbonyl (C=O) groups excluding carboxylic acids is 1. The van der Waals surface area contributed by atoms with Crippen LogP contribution in [0, 0.1) is 0 Å². The number of methoxy groups -OCH3 is 1. The fourth-order valence-electron chi connectivity index (χ4n) is 4.92. The SMILES string of the molecule is COCCOCCOCCOCCOCCC(=O)OCOc1c(Cc2ccco2)nc2c(Cc3ccccc3)nc(-c3ccccc3)cn12. The van der Waals surface area contributed by atoms with Crippen molar-refractivity contribution < 1.29 is 42.4 Å². The van der Waals surface area contributed by atoms with Crippen LogP contribution in [0.5, 0.6) is 5.88 Å². The van der Waals surface area contributed by atoms with Crippen molar-refractivity contribution >= 4 is 11.6 Å². The van der Waals surface area contributed by atoms with Gasteiger partial charge in [-0.25, -0.2) is 9.97 Å². The molecule has 0 fully saturated rings. The van der Waals surface area contributed by atoms with Gasteiger partial charge in [-0.05, 0) is 17.7 Å². The van der Waals surface area contributed by atoms with Gasteiger partial charge in [0.15, 0.2) is 5.65 Å². The number of imidazole rings is 1. The fourth-order valence-corrected chi connectivity index (χ4v) is 4.92. The van der Waals surface area contributed by atoms with Crippen molar-refractivity contribution in [1.82, 2.24) is 14.4 Å². The van der Waals surface area contributed by atoms with Gasteiger partial charge in [-0.1, -0.05) is 60.7 Å². The molecule has 5 aromatic rings. The molecule has 0 aliphatic heterocycles. The number of furan rings is 1. The molecule has 3 aromatic heterocycles. The summed E-state index contributed by atoms with van der Waals surface area (Å²) in [6.45, 7) is 3.69. The van der Waals surface area contributed by atoms with Gasteiger partial charge in [0.05, 0.1) is 90.0 Å². The Morgan fingerprint density at radius 3 is 2.02 bits per heavy atom. The van der Waals surface area contributed by atoms with Gasteiger partial charge in [0.1, 0.15) is 11.5 Å². The monoisotopic (exact) mass is 673 g/mol. The molecule has 0 spiro atoms. The average molecular weight is 674 g/mol. The molecule has 0 aliphatic carbocycles. The third-order valence-corrected chi connectivity index (χ3v) is 7.32. The van der Waals surface area contributed by atoms with Gasteiger partial charge in [-0.3, -0.25) is 9.20 Å². The molecule has 0 radical (unpaired) electrons. The Labute approximate surface area is 285 Å². The van der Waals surface area contributed by atoms with Crippen molar-refractivity contribution in [1.29, 1.82) is 0 Å². The van der Waals surface area contributed by atoms with E-state index in [0.717, 1.165) is 28.3 Å². The van der Waals surface area contributed by atoms with Crippen LogP contribution in [0.2, 0.25) is 0 Å². The first kappa shape index (κ1) is 35.7. The number of carbonyl (C=O) groups is 1. The largest absolute Gasteiger partial charge is 0.469 e. The molecule has 0 unspecified atom stereocenters. The zero-order valence-corrected chi connectivity index (χ0v) is 27.8. The molecule has 0 atom stereocenters. The summed E-state index contributed by atoms with van der Waals surface area (Å²) in [5, 5.41) is 0. The van der Waals surface area contributed by atoms with Gasteiger partial charge in [0.2, 0.25) is 12.7 Å². The van der Waals surface area contributed by atoms with E-state index >= 15 is 0 Å². The molecule has 0 saturated heterocycles. The summed E-state index contributed by atoms with van der Waals surface area (Å²) in [4.78, 5) is 22.5. The van der Waals surface area contributed by atoms with Gasteiger partial charge in [0, 0.05) is 25.3 Å². The van der Waals surface area contributed by atoms with E-state index in [-0.39, 0.29) is 19.8 Å². The lowest BCUT2D eigenvalue weighted by Crippen LogP contribution is -2.15. The molecule has 12 heteroatoms. The minimum atomic E-state index is -0.445. The molecule has 2 aromatic carbocycles. The first-order valence-electron chi connectivity index (χ1n) is 16.3. The minimum absolute atomic E-state index is 0.0746. The van der Waals surface area contributed by atoms with Gasteiger partial charge in [-0.2, -0.15) is 0 Å². The third-order valence-electron chi connectivity index (χ3n) is 7.32. The van der Waals surface area contributed by atoms with Gasteiger partial charge in [-0.15, -0.1) is 0 Å². The smallest absolute Gasteiger partial charge is 0.311 e. The lowest BCUT2D eigenvalue weighted by atomic mass is 10.1. The second-order valence-electron chi connectivity index (χ2n) is 10.9. The molecule has 260 valence electrons. The molecule has 3 heterocycles. The van der Waals surface area contributed by atoms with E-state index in [0.29, 0.717) is 82.9 Å². The molecule has 0 saturated carbocycles. The minimum Gasteiger partial charge on any atom is -0.469 e. The first-order valence-corrected chi connectivity index (χ1v) is 16.3. The molecule has 12 nitrogen and oxygen atoms in total. The van der Waals surface area contributed by atoms with Crippen LogP contribution in [0.4, 0.5) is 0 Å². The highest BCUT2D eigenvalue weighted by molar-refractivity contribution is 5.69. The van der Waals surface area contributed by atoms with Crippen LogP contribution in [0.15, 0.2) is 89.7 Å². The van der Waals surface area contributed by atoms with E-state index in [1.807, 2.05) is 71.3 Å². The Kier molecular flexibility index (Phi) is 14.6. The Balaban J connectivity index is 1.15. The Morgan fingerprint density at radius 1 is 0.714 bits per heavy atom. The van der Waals surface area contributed by atoms with Gasteiger partial charge >= 0.3 is 5.97 Å². The van der Waals surface area contributed by atoms with Gasteiger partial charge in [0.25, 0.3) is 0 Å². The van der Waals surface area contributed by atoms with Crippen molar-refractivity contribution in [3.63, 3.8) is 0 Å². The molecule has 49 heavy (non-hydrogen) atoms. The maximum Gasteiger partial charge on any atom is 0.311 e. The Morgan fingerprint density at radius 2 is 1.37 bits per heavy atom. The fraction of sp³-hybridized carbons (Fsp3) is 0.378. The molecular formula is C37H43N3O9. The molecule has 0 bridgehead atoms. The van der Waals surface area contributed by atoms with E-state index < -0.39 is 5.97 Å². The average Bonchev–Trinajstić information content (AvgIpc) is 3.77. The predicted molar refractivity (Wildman–Crippen MR) is 181 cm³/mol. The summed E-state index contributed by atoms with van der Waals surface area (Å²) in [6, 6.07) is 23.8. The highest BCUT2D eigenvalue weighted by Gasteiger charge is 2.21. The number of nitrogens with zero attached hydrogens (tertiary/aromatic N) is 3. The number of esters is 1. The number of fused-ring (bicyclic) bond motifs is 1. The van der Waals surface area contributed by atoms with E-state index in [4.69, 9.17) is 47.5 Å². The molecule has 0 aliphatic rings. The summed E-state index contributed by atoms with van der Waals surface area (Å²) < 4.78 is 45.7. The van der Waals surface area contributed by atoms with Crippen LogP contribution in [-0.2, 0) is 46.1 Å². The number of aromatic nitrogens is 3. The quantitative estimate of drug-likeness (QED) is 0.0519. The van der Waals surface area contributed by atoms with Crippen LogP contribution in [0.25, 0.3) is 16.9 Å². The number of rotatable bonds is 23. The van der Waals surface area contributed by atoms with Crippen LogP contribution in [0.3, 0.4) is 0 Å².